The van der Waals surface area contributed by atoms with E-state index >= 15 is 0 Å². The average Bonchev–Trinajstić information content (AvgIpc) is 2.67. The Kier molecular flexibility index (Phi) is 3.81. The molecule has 108 valence electrons. The summed E-state index contributed by atoms with van der Waals surface area (Å²) in [7, 11) is 0. The zero-order chi connectivity index (χ0) is 14.7. The smallest absolute Gasteiger partial charge is 0.305 e. The predicted molar refractivity (Wildman–Crippen MR) is 80.2 cm³/mol. The Hall–Kier alpha value is -2.43. The van der Waals surface area contributed by atoms with Crippen LogP contribution in [0.15, 0.2) is 30.6 Å². The van der Waals surface area contributed by atoms with Crippen molar-refractivity contribution in [3.63, 3.8) is 0 Å². The van der Waals surface area contributed by atoms with Gasteiger partial charge < -0.3 is 10.4 Å². The Morgan fingerprint density at radius 1 is 1.24 bits per heavy atom. The molecule has 0 bridgehead atoms. The van der Waals surface area contributed by atoms with Gasteiger partial charge in [-0.05, 0) is 24.8 Å². The highest BCUT2D eigenvalue weighted by Gasteiger charge is 2.18. The Morgan fingerprint density at radius 2 is 2.10 bits per heavy atom. The van der Waals surface area contributed by atoms with Crippen molar-refractivity contribution in [1.82, 2.24) is 9.97 Å². The van der Waals surface area contributed by atoms with Crippen molar-refractivity contribution in [1.29, 1.82) is 0 Å². The van der Waals surface area contributed by atoms with E-state index in [0.717, 1.165) is 41.9 Å². The largest absolute Gasteiger partial charge is 0.481 e. The van der Waals surface area contributed by atoms with Crippen LogP contribution in [0.5, 0.6) is 0 Å². The number of hydrogen-bond acceptors (Lipinski definition) is 4. The molecule has 5 nitrogen and oxygen atoms in total. The van der Waals surface area contributed by atoms with Gasteiger partial charge >= 0.3 is 5.97 Å². The third-order valence-corrected chi connectivity index (χ3v) is 3.72. The predicted octanol–water partition coefficient (Wildman–Crippen LogP) is 2.52. The number of carboxylic acids is 1. The normalized spacial score (nSPS) is 13.0. The Bertz CT molecular complexity index is 670. The van der Waals surface area contributed by atoms with Gasteiger partial charge in [0.1, 0.15) is 12.1 Å². The van der Waals surface area contributed by atoms with Gasteiger partial charge in [-0.15, -0.1) is 0 Å². The minimum Gasteiger partial charge on any atom is -0.481 e. The Labute approximate surface area is 123 Å². The van der Waals surface area contributed by atoms with E-state index in [-0.39, 0.29) is 6.42 Å². The fourth-order valence-corrected chi connectivity index (χ4v) is 2.75. The van der Waals surface area contributed by atoms with Crippen molar-refractivity contribution in [2.24, 2.45) is 0 Å². The lowest BCUT2D eigenvalue weighted by Crippen LogP contribution is -2.11. The molecule has 2 aromatic rings. The van der Waals surface area contributed by atoms with Crippen LogP contribution in [0.25, 0.3) is 11.3 Å². The summed E-state index contributed by atoms with van der Waals surface area (Å²) in [6.45, 7) is 0.375. The second-order valence-electron chi connectivity index (χ2n) is 5.13. The van der Waals surface area contributed by atoms with Gasteiger partial charge in [-0.25, -0.2) is 9.97 Å². The fraction of sp³-hybridized carbons (Fsp3) is 0.312. The van der Waals surface area contributed by atoms with Gasteiger partial charge in [0, 0.05) is 17.7 Å². The van der Waals surface area contributed by atoms with E-state index in [0.29, 0.717) is 6.54 Å². The molecule has 0 fully saturated rings. The van der Waals surface area contributed by atoms with Gasteiger partial charge in [0.05, 0.1) is 12.1 Å². The summed E-state index contributed by atoms with van der Waals surface area (Å²) in [5.74, 6) is -0.0501. The first-order valence-corrected chi connectivity index (χ1v) is 7.13. The summed E-state index contributed by atoms with van der Waals surface area (Å²) in [5.41, 5.74) is 4.53. The first-order valence-electron chi connectivity index (χ1n) is 7.13. The van der Waals surface area contributed by atoms with E-state index in [1.54, 1.807) is 6.33 Å². The third-order valence-electron chi connectivity index (χ3n) is 3.72. The van der Waals surface area contributed by atoms with E-state index in [1.165, 1.54) is 5.56 Å². The molecule has 0 saturated heterocycles. The number of anilines is 1. The monoisotopic (exact) mass is 283 g/mol. The van der Waals surface area contributed by atoms with Crippen LogP contribution in [0.1, 0.15) is 24.0 Å². The number of fused-ring (bicyclic) bond motifs is 3. The highest BCUT2D eigenvalue weighted by Crippen LogP contribution is 2.33. The molecule has 1 heterocycles. The maximum absolute atomic E-state index is 10.6. The number of hydrogen-bond donors (Lipinski definition) is 2. The molecule has 5 heteroatoms. The highest BCUT2D eigenvalue weighted by atomic mass is 16.4. The van der Waals surface area contributed by atoms with Crippen LogP contribution in [0.3, 0.4) is 0 Å². The van der Waals surface area contributed by atoms with Crippen LogP contribution >= 0.6 is 0 Å². The molecule has 3 rings (SSSR count). The van der Waals surface area contributed by atoms with E-state index in [4.69, 9.17) is 5.11 Å². The standard InChI is InChI=1S/C16H17N3O2/c20-14(21)8-9-17-16-13-7-3-5-11-4-1-2-6-12(11)15(13)18-10-19-16/h1-2,4,6,10H,3,5,7-9H2,(H,20,21)(H,17,18,19). The van der Waals surface area contributed by atoms with Gasteiger partial charge in [0.15, 0.2) is 0 Å². The zero-order valence-corrected chi connectivity index (χ0v) is 11.7. The molecule has 21 heavy (non-hydrogen) atoms. The van der Waals surface area contributed by atoms with Crippen molar-refractivity contribution >= 4 is 11.8 Å². The quantitative estimate of drug-likeness (QED) is 0.901. The van der Waals surface area contributed by atoms with Crippen LogP contribution in [-0.2, 0) is 17.6 Å². The zero-order valence-electron chi connectivity index (χ0n) is 11.7. The maximum Gasteiger partial charge on any atom is 0.305 e. The maximum atomic E-state index is 10.6. The summed E-state index contributed by atoms with van der Waals surface area (Å²) < 4.78 is 0. The molecule has 1 aromatic heterocycles. The lowest BCUT2D eigenvalue weighted by Gasteiger charge is -2.12. The van der Waals surface area contributed by atoms with Crippen LogP contribution in [0.4, 0.5) is 5.82 Å². The minimum absolute atomic E-state index is 0.0787. The summed E-state index contributed by atoms with van der Waals surface area (Å²) in [6.07, 6.45) is 4.60. The molecule has 1 aromatic carbocycles. The minimum atomic E-state index is -0.812. The van der Waals surface area contributed by atoms with E-state index in [2.05, 4.69) is 33.5 Å². The molecule has 0 radical (unpaired) electrons. The number of benzene rings is 1. The van der Waals surface area contributed by atoms with Crippen LogP contribution in [0, 0.1) is 0 Å². The second kappa shape index (κ2) is 5.91. The number of carboxylic acid groups (broad SMARTS) is 1. The Morgan fingerprint density at radius 3 is 2.95 bits per heavy atom. The van der Waals surface area contributed by atoms with Crippen molar-refractivity contribution in [2.75, 3.05) is 11.9 Å². The lowest BCUT2D eigenvalue weighted by atomic mass is 10.0. The molecule has 0 unspecified atom stereocenters. The van der Waals surface area contributed by atoms with Gasteiger partial charge in [0.25, 0.3) is 0 Å². The van der Waals surface area contributed by atoms with Gasteiger partial charge in [-0.1, -0.05) is 24.3 Å². The number of nitrogens with zero attached hydrogens (tertiary/aromatic N) is 2. The number of aliphatic carboxylic acids is 1. The summed E-state index contributed by atoms with van der Waals surface area (Å²) in [5, 5.41) is 11.9. The second-order valence-corrected chi connectivity index (χ2v) is 5.13. The highest BCUT2D eigenvalue weighted by molar-refractivity contribution is 5.72. The molecule has 1 aliphatic carbocycles. The average molecular weight is 283 g/mol. The molecular weight excluding hydrogens is 266 g/mol. The molecule has 0 spiro atoms. The topological polar surface area (TPSA) is 75.1 Å². The van der Waals surface area contributed by atoms with Crippen LogP contribution in [0.2, 0.25) is 0 Å². The van der Waals surface area contributed by atoms with E-state index < -0.39 is 5.97 Å². The van der Waals surface area contributed by atoms with Crippen molar-refractivity contribution < 1.29 is 9.90 Å². The van der Waals surface area contributed by atoms with Gasteiger partial charge in [-0.3, -0.25) is 4.79 Å². The van der Waals surface area contributed by atoms with Crippen molar-refractivity contribution in [3.05, 3.63) is 41.7 Å². The van der Waals surface area contributed by atoms with Gasteiger partial charge in [-0.2, -0.15) is 0 Å². The number of nitrogens with one attached hydrogen (secondary N) is 1. The van der Waals surface area contributed by atoms with E-state index in [9.17, 15) is 4.79 Å². The third kappa shape index (κ3) is 2.86. The fourth-order valence-electron chi connectivity index (χ4n) is 2.75. The molecule has 0 aliphatic heterocycles. The van der Waals surface area contributed by atoms with Crippen molar-refractivity contribution in [2.45, 2.75) is 25.7 Å². The Balaban J connectivity index is 1.95. The first-order chi connectivity index (χ1) is 10.3. The summed E-state index contributed by atoms with van der Waals surface area (Å²) in [4.78, 5) is 19.4. The lowest BCUT2D eigenvalue weighted by molar-refractivity contribution is -0.136. The molecular formula is C16H17N3O2. The number of carbonyl (C=O) groups is 1. The molecule has 0 amide bonds. The SMILES string of the molecule is O=C(O)CCNc1ncnc2c1CCCc1ccccc1-2. The van der Waals surface area contributed by atoms with Gasteiger partial charge in [0.2, 0.25) is 0 Å². The number of rotatable bonds is 4. The molecule has 0 saturated carbocycles. The summed E-state index contributed by atoms with van der Waals surface area (Å²) in [6, 6.07) is 8.31. The molecule has 0 atom stereocenters. The number of aromatic nitrogens is 2. The molecule has 2 N–H and O–H groups in total. The van der Waals surface area contributed by atoms with Crippen molar-refractivity contribution in [3.8, 4) is 11.3 Å². The van der Waals surface area contributed by atoms with E-state index in [1.807, 2.05) is 6.07 Å². The first kappa shape index (κ1) is 13.5. The van der Waals surface area contributed by atoms with Crippen LogP contribution < -0.4 is 5.32 Å². The number of aryl methyl sites for hydroxylation is 1. The summed E-state index contributed by atoms with van der Waals surface area (Å²) >= 11 is 0. The molecule has 1 aliphatic rings. The van der Waals surface area contributed by atoms with Crippen LogP contribution in [-0.4, -0.2) is 27.6 Å².